The minimum Gasteiger partial charge on any atom is -0.345 e. The van der Waals surface area contributed by atoms with Gasteiger partial charge in [-0.25, -0.2) is 0 Å². The van der Waals surface area contributed by atoms with Crippen LogP contribution in [0, 0.1) is 11.3 Å². The lowest BCUT2D eigenvalue weighted by atomic mass is 9.99. The number of aryl methyl sites for hydroxylation is 1. The van der Waals surface area contributed by atoms with Gasteiger partial charge >= 0.3 is 0 Å². The van der Waals surface area contributed by atoms with Crippen LogP contribution in [0.5, 0.6) is 0 Å². The van der Waals surface area contributed by atoms with E-state index in [0.29, 0.717) is 24.5 Å². The smallest absolute Gasteiger partial charge is 0.289 e. The first-order chi connectivity index (χ1) is 16.7. The number of rotatable bonds is 9. The number of nitrogens with one attached hydrogen (secondary N) is 1. The van der Waals surface area contributed by atoms with E-state index in [0.717, 1.165) is 47.3 Å². The fraction of sp³-hybridized carbons (Fsp3) is 0.214. The first-order valence-corrected chi connectivity index (χ1v) is 11.5. The van der Waals surface area contributed by atoms with E-state index < -0.39 is 0 Å². The average molecular weight is 450 g/mol. The molecule has 0 spiro atoms. The number of amides is 1. The third kappa shape index (κ3) is 5.38. The Morgan fingerprint density at radius 1 is 0.941 bits per heavy atom. The van der Waals surface area contributed by atoms with E-state index in [-0.39, 0.29) is 5.91 Å². The topological polar surface area (TPSA) is 83.6 Å². The van der Waals surface area contributed by atoms with Gasteiger partial charge in [-0.05, 0) is 34.7 Å². The number of hydrogen-bond donors (Lipinski definition) is 1. The maximum absolute atomic E-state index is 13.0. The third-order valence-corrected chi connectivity index (χ3v) is 5.73. The summed E-state index contributed by atoms with van der Waals surface area (Å²) in [6.45, 7) is 3.07. The summed E-state index contributed by atoms with van der Waals surface area (Å²) in [5, 5.41) is 20.9. The van der Waals surface area contributed by atoms with Crippen molar-refractivity contribution < 1.29 is 4.79 Å². The van der Waals surface area contributed by atoms with Crippen LogP contribution in [0.1, 0.15) is 52.9 Å². The van der Waals surface area contributed by atoms with Gasteiger partial charge < -0.3 is 9.88 Å². The number of carbonyl (C=O) groups is 1. The van der Waals surface area contributed by atoms with Crippen molar-refractivity contribution in [3.63, 3.8) is 0 Å². The maximum Gasteiger partial charge on any atom is 0.289 e. The van der Waals surface area contributed by atoms with Crippen molar-refractivity contribution in [3.8, 4) is 17.2 Å². The summed E-state index contributed by atoms with van der Waals surface area (Å²) in [5.41, 5.74) is 4.60. The number of nitriles is 1. The molecular weight excluding hydrogens is 422 g/mol. The molecule has 4 aromatic rings. The molecule has 170 valence electrons. The van der Waals surface area contributed by atoms with E-state index in [9.17, 15) is 10.1 Å². The lowest BCUT2D eigenvalue weighted by Gasteiger charge is -2.12. The van der Waals surface area contributed by atoms with Crippen LogP contribution in [0.2, 0.25) is 0 Å². The van der Waals surface area contributed by atoms with Crippen molar-refractivity contribution in [2.45, 2.75) is 39.3 Å². The molecule has 0 aliphatic rings. The van der Waals surface area contributed by atoms with Gasteiger partial charge in [0.2, 0.25) is 5.82 Å². The number of aromatic nitrogens is 3. The van der Waals surface area contributed by atoms with E-state index >= 15 is 0 Å². The van der Waals surface area contributed by atoms with Crippen LogP contribution < -0.4 is 5.32 Å². The normalized spacial score (nSPS) is 10.6. The molecule has 0 unspecified atom stereocenters. The number of nitrogens with zero attached hydrogens (tertiary/aromatic N) is 4. The molecule has 0 aliphatic carbocycles. The Kier molecular flexibility index (Phi) is 7.46. The number of benzene rings is 3. The van der Waals surface area contributed by atoms with Crippen LogP contribution >= 0.6 is 0 Å². The molecule has 6 heteroatoms. The zero-order chi connectivity index (χ0) is 23.8. The molecule has 1 aromatic heterocycles. The van der Waals surface area contributed by atoms with Gasteiger partial charge in [-0.2, -0.15) is 5.26 Å². The molecule has 4 rings (SSSR count). The van der Waals surface area contributed by atoms with Crippen LogP contribution in [0.3, 0.4) is 0 Å². The summed E-state index contributed by atoms with van der Waals surface area (Å²) in [6, 6.07) is 27.7. The van der Waals surface area contributed by atoms with Crippen molar-refractivity contribution in [2.75, 3.05) is 0 Å². The maximum atomic E-state index is 13.0. The van der Waals surface area contributed by atoms with Crippen molar-refractivity contribution >= 4 is 5.91 Å². The molecule has 0 saturated heterocycles. The summed E-state index contributed by atoms with van der Waals surface area (Å²) in [6.07, 6.45) is 2.78. The second-order valence-corrected chi connectivity index (χ2v) is 8.15. The van der Waals surface area contributed by atoms with Gasteiger partial charge in [0.1, 0.15) is 5.82 Å². The summed E-state index contributed by atoms with van der Waals surface area (Å²) >= 11 is 0. The Balaban J connectivity index is 1.55. The van der Waals surface area contributed by atoms with Gasteiger partial charge in [-0.3, -0.25) is 4.79 Å². The summed E-state index contributed by atoms with van der Waals surface area (Å²) in [5.74, 6) is 0.894. The standard InChI is InChI=1S/C28H27N5O/c1-2-3-13-26-31-32-27(28(34)30-19-21-9-5-4-6-10-21)33(26)20-22-14-16-23(17-15-22)25-12-8-7-11-24(25)18-29/h4-12,14-17H,2-3,13,19-20H2,1H3,(H,30,34). The molecule has 1 amide bonds. The SMILES string of the molecule is CCCCc1nnc(C(=O)NCc2ccccc2)n1Cc1ccc(-c2ccccc2C#N)cc1. The van der Waals surface area contributed by atoms with Crippen molar-refractivity contribution in [1.82, 2.24) is 20.1 Å². The Bertz CT molecular complexity index is 1290. The summed E-state index contributed by atoms with van der Waals surface area (Å²) in [4.78, 5) is 13.0. The highest BCUT2D eigenvalue weighted by molar-refractivity contribution is 5.90. The molecule has 1 N–H and O–H groups in total. The van der Waals surface area contributed by atoms with Crippen LogP contribution in [-0.4, -0.2) is 20.7 Å². The van der Waals surface area contributed by atoms with E-state index in [1.807, 2.05) is 83.4 Å². The predicted molar refractivity (Wildman–Crippen MR) is 132 cm³/mol. The zero-order valence-corrected chi connectivity index (χ0v) is 19.2. The lowest BCUT2D eigenvalue weighted by molar-refractivity contribution is 0.0936. The summed E-state index contributed by atoms with van der Waals surface area (Å²) < 4.78 is 1.91. The van der Waals surface area contributed by atoms with E-state index in [4.69, 9.17) is 0 Å². The highest BCUT2D eigenvalue weighted by Crippen LogP contribution is 2.24. The molecule has 3 aromatic carbocycles. The first-order valence-electron chi connectivity index (χ1n) is 11.5. The van der Waals surface area contributed by atoms with E-state index in [1.165, 1.54) is 0 Å². The van der Waals surface area contributed by atoms with Gasteiger partial charge in [0.15, 0.2) is 0 Å². The molecule has 0 bridgehead atoms. The number of carbonyl (C=O) groups excluding carboxylic acids is 1. The van der Waals surface area contributed by atoms with E-state index in [2.05, 4.69) is 28.5 Å². The van der Waals surface area contributed by atoms with Crippen molar-refractivity contribution in [3.05, 3.63) is 107 Å². The van der Waals surface area contributed by atoms with Gasteiger partial charge in [0.25, 0.3) is 5.91 Å². The van der Waals surface area contributed by atoms with Crippen molar-refractivity contribution in [1.29, 1.82) is 5.26 Å². The minimum atomic E-state index is -0.237. The van der Waals surface area contributed by atoms with Gasteiger partial charge in [-0.15, -0.1) is 10.2 Å². The lowest BCUT2D eigenvalue weighted by Crippen LogP contribution is -2.27. The van der Waals surface area contributed by atoms with Gasteiger partial charge in [0, 0.05) is 13.0 Å². The Hall–Kier alpha value is -4.24. The third-order valence-electron chi connectivity index (χ3n) is 5.73. The summed E-state index contributed by atoms with van der Waals surface area (Å²) in [7, 11) is 0. The molecule has 0 fully saturated rings. The van der Waals surface area contributed by atoms with Crippen LogP contribution in [0.4, 0.5) is 0 Å². The van der Waals surface area contributed by atoms with Crippen LogP contribution in [-0.2, 0) is 19.5 Å². The van der Waals surface area contributed by atoms with Gasteiger partial charge in [0.05, 0.1) is 18.2 Å². The number of unbranched alkanes of at least 4 members (excludes halogenated alkanes) is 1. The highest BCUT2D eigenvalue weighted by atomic mass is 16.2. The fourth-order valence-corrected chi connectivity index (χ4v) is 3.85. The first kappa shape index (κ1) is 22.9. The largest absolute Gasteiger partial charge is 0.345 e. The minimum absolute atomic E-state index is 0.237. The van der Waals surface area contributed by atoms with Crippen LogP contribution in [0.15, 0.2) is 78.9 Å². The molecular formula is C28H27N5O. The Labute approximate surface area is 199 Å². The second-order valence-electron chi connectivity index (χ2n) is 8.15. The zero-order valence-electron chi connectivity index (χ0n) is 19.2. The van der Waals surface area contributed by atoms with Gasteiger partial charge in [-0.1, -0.05) is 86.1 Å². The fourth-order valence-electron chi connectivity index (χ4n) is 3.85. The molecule has 34 heavy (non-hydrogen) atoms. The second kappa shape index (κ2) is 11.1. The highest BCUT2D eigenvalue weighted by Gasteiger charge is 2.19. The van der Waals surface area contributed by atoms with E-state index in [1.54, 1.807) is 0 Å². The molecule has 0 saturated carbocycles. The average Bonchev–Trinajstić information content (AvgIpc) is 3.29. The molecule has 0 atom stereocenters. The monoisotopic (exact) mass is 449 g/mol. The molecule has 6 nitrogen and oxygen atoms in total. The van der Waals surface area contributed by atoms with Crippen LogP contribution in [0.25, 0.3) is 11.1 Å². The molecule has 0 aliphatic heterocycles. The Morgan fingerprint density at radius 3 is 2.41 bits per heavy atom. The van der Waals surface area contributed by atoms with Crippen molar-refractivity contribution in [2.24, 2.45) is 0 Å². The quantitative estimate of drug-likeness (QED) is 0.384. The molecule has 1 heterocycles. The molecule has 0 radical (unpaired) electrons. The number of hydrogen-bond acceptors (Lipinski definition) is 4. The predicted octanol–water partition coefficient (Wildman–Crippen LogP) is 5.14. The Morgan fingerprint density at radius 2 is 1.68 bits per heavy atom.